The second-order valence-corrected chi connectivity index (χ2v) is 9.59. The van der Waals surface area contributed by atoms with Gasteiger partial charge in [0, 0.05) is 11.7 Å². The molecule has 0 radical (unpaired) electrons. The third-order valence-corrected chi connectivity index (χ3v) is 6.96. The number of ether oxygens (including phenoxy) is 1. The van der Waals surface area contributed by atoms with E-state index in [1.807, 2.05) is 0 Å². The van der Waals surface area contributed by atoms with Crippen molar-refractivity contribution in [2.75, 3.05) is 31.2 Å². The maximum atomic E-state index is 11.8. The molecule has 0 heterocycles. The Balaban J connectivity index is 3.57. The highest BCUT2D eigenvalue weighted by Crippen LogP contribution is 2.57. The molecule has 0 amide bonds. The van der Waals surface area contributed by atoms with Gasteiger partial charge in [-0.2, -0.15) is 0 Å². The summed E-state index contributed by atoms with van der Waals surface area (Å²) < 4.78 is 21.6. The number of carbonyl (C=O) groups is 1. The van der Waals surface area contributed by atoms with Crippen LogP contribution in [0.3, 0.4) is 0 Å². The lowest BCUT2D eigenvalue weighted by atomic mass is 10.4. The number of methoxy groups -OCH3 is 1. The number of hydrogen-bond donors (Lipinski definition) is 0. The van der Waals surface area contributed by atoms with Crippen LogP contribution >= 0.6 is 29.7 Å². The molecular weight excluding hydrogens is 267 g/mol. The molecule has 0 aromatic rings. The Morgan fingerprint density at radius 2 is 2.12 bits per heavy atom. The van der Waals surface area contributed by atoms with Crippen molar-refractivity contribution in [2.45, 2.75) is 19.8 Å². The van der Waals surface area contributed by atoms with E-state index < -0.39 is 6.57 Å². The fourth-order valence-corrected chi connectivity index (χ4v) is 5.79. The Hall–Kier alpha value is 0.360. The van der Waals surface area contributed by atoms with Crippen LogP contribution in [0, 0.1) is 0 Å². The van der Waals surface area contributed by atoms with Crippen LogP contribution in [0.1, 0.15) is 19.8 Å². The molecule has 7 heteroatoms. The van der Waals surface area contributed by atoms with E-state index in [4.69, 9.17) is 4.52 Å². The molecule has 0 fully saturated rings. The summed E-state index contributed by atoms with van der Waals surface area (Å²) >= 11 is 2.66. The molecule has 0 aliphatic rings. The van der Waals surface area contributed by atoms with Gasteiger partial charge in [-0.25, -0.2) is 0 Å². The molecule has 0 saturated heterocycles. The quantitative estimate of drug-likeness (QED) is 0.281. The smallest absolute Gasteiger partial charge is 0.315 e. The Morgan fingerprint density at radius 3 is 2.69 bits per heavy atom. The minimum Gasteiger partial charge on any atom is -0.468 e. The molecule has 0 bridgehead atoms. The fraction of sp³-hybridized carbons (Fsp3) is 0.889. The van der Waals surface area contributed by atoms with E-state index in [0.717, 1.165) is 12.8 Å². The lowest BCUT2D eigenvalue weighted by Crippen LogP contribution is -2.03. The first-order chi connectivity index (χ1) is 7.52. The van der Waals surface area contributed by atoms with Crippen LogP contribution in [-0.4, -0.2) is 37.2 Å². The maximum absolute atomic E-state index is 11.8. The minimum atomic E-state index is -2.55. The van der Waals surface area contributed by atoms with E-state index >= 15 is 0 Å². The summed E-state index contributed by atoms with van der Waals surface area (Å²) in [5.41, 5.74) is 0. The van der Waals surface area contributed by atoms with Crippen molar-refractivity contribution in [2.24, 2.45) is 0 Å². The van der Waals surface area contributed by atoms with Gasteiger partial charge in [0.05, 0.1) is 19.5 Å². The summed E-state index contributed by atoms with van der Waals surface area (Å²) in [6.07, 6.45) is 1.95. The van der Waals surface area contributed by atoms with Crippen LogP contribution < -0.4 is 0 Å². The average Bonchev–Trinajstić information content (AvgIpc) is 2.24. The van der Waals surface area contributed by atoms with E-state index in [-0.39, 0.29) is 5.97 Å². The molecule has 0 spiro atoms. The molecule has 0 aromatic heterocycles. The average molecular weight is 286 g/mol. The van der Waals surface area contributed by atoms with Gasteiger partial charge in [-0.15, -0.1) is 11.8 Å². The van der Waals surface area contributed by atoms with Gasteiger partial charge in [0.25, 0.3) is 6.57 Å². The van der Waals surface area contributed by atoms with Gasteiger partial charge in [-0.3, -0.25) is 9.36 Å². The predicted molar refractivity (Wildman–Crippen MR) is 71.3 cm³/mol. The van der Waals surface area contributed by atoms with Gasteiger partial charge in [0.1, 0.15) is 0 Å². The number of thioether (sulfide) groups is 1. The Labute approximate surface area is 105 Å². The normalized spacial score (nSPS) is 14.4. The first kappa shape index (κ1) is 16.4. The molecule has 16 heavy (non-hydrogen) atoms. The fourth-order valence-electron chi connectivity index (χ4n) is 0.729. The van der Waals surface area contributed by atoms with Gasteiger partial charge < -0.3 is 9.26 Å². The summed E-state index contributed by atoms with van der Waals surface area (Å²) in [4.78, 5) is 10.8. The highest BCUT2D eigenvalue weighted by molar-refractivity contribution is 8.58. The van der Waals surface area contributed by atoms with Crippen molar-refractivity contribution >= 4 is 35.7 Å². The molecule has 96 valence electrons. The highest BCUT2D eigenvalue weighted by atomic mass is 32.7. The summed E-state index contributed by atoms with van der Waals surface area (Å²) in [5.74, 6) is 0.0294. The number of rotatable bonds is 9. The summed E-state index contributed by atoms with van der Waals surface area (Å²) in [7, 11) is 1.36. The standard InChI is InChI=1S/C9H19O4PS2/c1-4-5-6-13-14(3,11)16-8-15-7-9(10)12-2/h4-8H2,1-3H3. The first-order valence-electron chi connectivity index (χ1n) is 5.03. The zero-order chi connectivity index (χ0) is 12.4. The maximum Gasteiger partial charge on any atom is 0.315 e. The van der Waals surface area contributed by atoms with Crippen LogP contribution in [0.2, 0.25) is 0 Å². The van der Waals surface area contributed by atoms with Crippen LogP contribution in [0.15, 0.2) is 0 Å². The lowest BCUT2D eigenvalue weighted by molar-refractivity contribution is -0.137. The van der Waals surface area contributed by atoms with Crippen molar-refractivity contribution in [3.05, 3.63) is 0 Å². The minimum absolute atomic E-state index is 0.261. The van der Waals surface area contributed by atoms with Crippen LogP contribution in [-0.2, 0) is 18.6 Å². The number of carbonyl (C=O) groups excluding carboxylic acids is 1. The van der Waals surface area contributed by atoms with Gasteiger partial charge >= 0.3 is 5.97 Å². The van der Waals surface area contributed by atoms with Crippen molar-refractivity contribution in [3.8, 4) is 0 Å². The summed E-state index contributed by atoms with van der Waals surface area (Å²) in [5, 5.41) is 0.578. The van der Waals surface area contributed by atoms with Crippen LogP contribution in [0.4, 0.5) is 0 Å². The molecule has 1 unspecified atom stereocenters. The summed E-state index contributed by atoms with van der Waals surface area (Å²) in [6.45, 7) is 1.67. The second-order valence-electron chi connectivity index (χ2n) is 3.13. The Kier molecular flexibility index (Phi) is 9.61. The number of hydrogen-bond acceptors (Lipinski definition) is 6. The molecule has 0 saturated carbocycles. The van der Waals surface area contributed by atoms with Crippen molar-refractivity contribution in [3.63, 3.8) is 0 Å². The zero-order valence-corrected chi connectivity index (χ0v) is 12.5. The predicted octanol–water partition coefficient (Wildman–Crippen LogP) is 3.22. The van der Waals surface area contributed by atoms with E-state index in [1.54, 1.807) is 6.66 Å². The van der Waals surface area contributed by atoms with Crippen LogP contribution in [0.25, 0.3) is 0 Å². The molecule has 1 atom stereocenters. The monoisotopic (exact) mass is 286 g/mol. The third-order valence-electron chi connectivity index (χ3n) is 1.64. The van der Waals surface area contributed by atoms with E-state index in [2.05, 4.69) is 11.7 Å². The molecule has 4 nitrogen and oxygen atoms in total. The molecule has 0 aliphatic carbocycles. The third kappa shape index (κ3) is 9.58. The van der Waals surface area contributed by atoms with Gasteiger partial charge in [-0.1, -0.05) is 24.7 Å². The van der Waals surface area contributed by atoms with E-state index in [1.165, 1.54) is 30.3 Å². The van der Waals surface area contributed by atoms with E-state index in [9.17, 15) is 9.36 Å². The lowest BCUT2D eigenvalue weighted by Gasteiger charge is -2.12. The van der Waals surface area contributed by atoms with Crippen LogP contribution in [0.5, 0.6) is 0 Å². The van der Waals surface area contributed by atoms with Gasteiger partial charge in [0.15, 0.2) is 0 Å². The second kappa shape index (κ2) is 9.40. The number of esters is 1. The molecule has 0 aliphatic heterocycles. The SMILES string of the molecule is CCCCOP(C)(=O)SCSCC(=O)OC. The largest absolute Gasteiger partial charge is 0.468 e. The molecular formula is C9H19O4PS2. The van der Waals surface area contributed by atoms with E-state index in [0.29, 0.717) is 17.4 Å². The number of unbranched alkanes of at least 4 members (excludes halogenated alkanes) is 1. The van der Waals surface area contributed by atoms with Gasteiger partial charge in [-0.05, 0) is 6.42 Å². The highest BCUT2D eigenvalue weighted by Gasteiger charge is 2.16. The van der Waals surface area contributed by atoms with Crippen molar-refractivity contribution in [1.29, 1.82) is 0 Å². The molecule has 0 rings (SSSR count). The molecule has 0 aromatic carbocycles. The topological polar surface area (TPSA) is 52.6 Å². The first-order valence-corrected chi connectivity index (χ1v) is 9.84. The van der Waals surface area contributed by atoms with Gasteiger partial charge in [0.2, 0.25) is 0 Å². The van der Waals surface area contributed by atoms with Crippen molar-refractivity contribution < 1.29 is 18.6 Å². The Bertz CT molecular complexity index is 248. The van der Waals surface area contributed by atoms with Crippen molar-refractivity contribution in [1.82, 2.24) is 0 Å². The Morgan fingerprint density at radius 1 is 1.44 bits per heavy atom. The zero-order valence-electron chi connectivity index (χ0n) is 9.93. The molecule has 0 N–H and O–H groups in total. The summed E-state index contributed by atoms with van der Waals surface area (Å²) in [6, 6.07) is 0.